The number of fused-ring (bicyclic) bond motifs is 1. The quantitative estimate of drug-likeness (QED) is 0.571. The molecule has 8 nitrogen and oxygen atoms in total. The van der Waals surface area contributed by atoms with Crippen LogP contribution in [0.1, 0.15) is 35.7 Å². The third kappa shape index (κ3) is 5.57. The average Bonchev–Trinajstić information content (AvgIpc) is 2.79. The van der Waals surface area contributed by atoms with Crippen LogP contribution in [0.4, 0.5) is 5.69 Å². The molecule has 32 heavy (non-hydrogen) atoms. The number of carbonyl (C=O) groups excluding carboxylic acids is 3. The van der Waals surface area contributed by atoms with Crippen LogP contribution in [-0.2, 0) is 9.59 Å². The summed E-state index contributed by atoms with van der Waals surface area (Å²) in [5.41, 5.74) is 1.95. The van der Waals surface area contributed by atoms with Gasteiger partial charge in [-0.25, -0.2) is 0 Å². The van der Waals surface area contributed by atoms with E-state index in [1.165, 1.54) is 0 Å². The van der Waals surface area contributed by atoms with Crippen molar-refractivity contribution in [3.63, 3.8) is 0 Å². The SMILES string of the molecule is CCNC(=O)CCCN1C(=O)COc2ccc(C(=O)COc3ccc(C)cc3OC)cc21. The van der Waals surface area contributed by atoms with Gasteiger partial charge in [0.05, 0.1) is 12.8 Å². The molecule has 0 saturated heterocycles. The summed E-state index contributed by atoms with van der Waals surface area (Å²) in [7, 11) is 1.55. The number of amides is 2. The first-order valence-electron chi connectivity index (χ1n) is 10.6. The van der Waals surface area contributed by atoms with Gasteiger partial charge in [0.25, 0.3) is 5.91 Å². The lowest BCUT2D eigenvalue weighted by molar-refractivity contribution is -0.122. The van der Waals surface area contributed by atoms with E-state index in [-0.39, 0.29) is 30.8 Å². The minimum atomic E-state index is -0.240. The van der Waals surface area contributed by atoms with E-state index < -0.39 is 0 Å². The van der Waals surface area contributed by atoms with Crippen molar-refractivity contribution < 1.29 is 28.6 Å². The van der Waals surface area contributed by atoms with Crippen LogP contribution in [0.15, 0.2) is 36.4 Å². The maximum Gasteiger partial charge on any atom is 0.265 e. The second kappa shape index (κ2) is 10.7. The number of hydrogen-bond acceptors (Lipinski definition) is 6. The topological polar surface area (TPSA) is 94.2 Å². The molecule has 2 aromatic rings. The first-order chi connectivity index (χ1) is 15.4. The monoisotopic (exact) mass is 440 g/mol. The minimum Gasteiger partial charge on any atom is -0.493 e. The van der Waals surface area contributed by atoms with Gasteiger partial charge in [-0.2, -0.15) is 0 Å². The molecule has 0 aliphatic carbocycles. The van der Waals surface area contributed by atoms with E-state index in [1.807, 2.05) is 26.0 Å². The summed E-state index contributed by atoms with van der Waals surface area (Å²) < 4.78 is 16.5. The van der Waals surface area contributed by atoms with Crippen molar-refractivity contribution >= 4 is 23.3 Å². The number of methoxy groups -OCH3 is 1. The van der Waals surface area contributed by atoms with Gasteiger partial charge in [-0.3, -0.25) is 14.4 Å². The summed E-state index contributed by atoms with van der Waals surface area (Å²) in [6, 6.07) is 10.4. The number of hydrogen-bond donors (Lipinski definition) is 1. The van der Waals surface area contributed by atoms with Crippen LogP contribution in [0.5, 0.6) is 17.2 Å². The van der Waals surface area contributed by atoms with Gasteiger partial charge in [-0.1, -0.05) is 6.07 Å². The molecule has 1 N–H and O–H groups in total. The number of benzene rings is 2. The molecule has 2 amide bonds. The fourth-order valence-corrected chi connectivity index (χ4v) is 3.42. The standard InChI is InChI=1S/C24H28N2O6/c1-4-25-23(28)6-5-11-26-18-13-17(8-10-20(18)32-15-24(26)29)19(27)14-31-21-9-7-16(2)12-22(21)30-3/h7-10,12-13H,4-6,11,14-15H2,1-3H3,(H,25,28). The van der Waals surface area contributed by atoms with Crippen LogP contribution in [0.25, 0.3) is 0 Å². The van der Waals surface area contributed by atoms with E-state index in [1.54, 1.807) is 36.3 Å². The van der Waals surface area contributed by atoms with E-state index in [4.69, 9.17) is 14.2 Å². The molecule has 0 atom stereocenters. The average molecular weight is 440 g/mol. The molecular weight excluding hydrogens is 412 g/mol. The van der Waals surface area contributed by atoms with Gasteiger partial charge in [0.15, 0.2) is 30.5 Å². The molecule has 170 valence electrons. The van der Waals surface area contributed by atoms with E-state index in [0.717, 1.165) is 5.56 Å². The Labute approximate surface area is 187 Å². The summed E-state index contributed by atoms with van der Waals surface area (Å²) in [5.74, 6) is 1.06. The highest BCUT2D eigenvalue weighted by molar-refractivity contribution is 6.02. The molecule has 0 saturated carbocycles. The Morgan fingerprint density at radius 3 is 2.72 bits per heavy atom. The number of nitrogens with one attached hydrogen (secondary N) is 1. The summed E-state index contributed by atoms with van der Waals surface area (Å²) >= 11 is 0. The smallest absolute Gasteiger partial charge is 0.265 e. The van der Waals surface area contributed by atoms with Crippen molar-refractivity contribution in [3.8, 4) is 17.2 Å². The van der Waals surface area contributed by atoms with Gasteiger partial charge in [0.2, 0.25) is 5.91 Å². The molecule has 8 heteroatoms. The number of carbonyl (C=O) groups is 3. The van der Waals surface area contributed by atoms with Crippen molar-refractivity contribution in [1.82, 2.24) is 5.32 Å². The van der Waals surface area contributed by atoms with Crippen molar-refractivity contribution in [1.29, 1.82) is 0 Å². The van der Waals surface area contributed by atoms with Crippen molar-refractivity contribution in [2.24, 2.45) is 0 Å². The lowest BCUT2D eigenvalue weighted by atomic mass is 10.1. The number of Topliss-reactive ketones (excluding diaryl/α,β-unsaturated/α-hetero) is 1. The van der Waals surface area contributed by atoms with E-state index in [2.05, 4.69) is 5.32 Å². The molecule has 1 aliphatic heterocycles. The molecular formula is C24H28N2O6. The predicted molar refractivity (Wildman–Crippen MR) is 120 cm³/mol. The van der Waals surface area contributed by atoms with Crippen molar-refractivity contribution in [2.45, 2.75) is 26.7 Å². The zero-order valence-electron chi connectivity index (χ0n) is 18.6. The first kappa shape index (κ1) is 23.1. The normalized spacial score (nSPS) is 12.6. The third-order valence-electron chi connectivity index (χ3n) is 5.06. The predicted octanol–water partition coefficient (Wildman–Crippen LogP) is 2.91. The molecule has 1 aliphatic rings. The lowest BCUT2D eigenvalue weighted by Gasteiger charge is -2.29. The van der Waals surface area contributed by atoms with E-state index >= 15 is 0 Å². The summed E-state index contributed by atoms with van der Waals surface area (Å²) in [5, 5.41) is 2.74. The maximum absolute atomic E-state index is 12.8. The van der Waals surface area contributed by atoms with Crippen LogP contribution in [0, 0.1) is 6.92 Å². The Hall–Kier alpha value is -3.55. The van der Waals surface area contributed by atoms with Crippen molar-refractivity contribution in [3.05, 3.63) is 47.5 Å². The minimum absolute atomic E-state index is 0.0546. The second-order valence-electron chi connectivity index (χ2n) is 7.44. The van der Waals surface area contributed by atoms with Gasteiger partial charge in [0, 0.05) is 25.1 Å². The van der Waals surface area contributed by atoms with Crippen molar-refractivity contribution in [2.75, 3.05) is 38.3 Å². The number of nitrogens with zero attached hydrogens (tertiary/aromatic N) is 1. The molecule has 2 aromatic carbocycles. The fraction of sp³-hybridized carbons (Fsp3) is 0.375. The Kier molecular flexibility index (Phi) is 7.70. The van der Waals surface area contributed by atoms with Gasteiger partial charge in [-0.15, -0.1) is 0 Å². The van der Waals surface area contributed by atoms with Crippen LogP contribution in [0.3, 0.4) is 0 Å². The number of anilines is 1. The third-order valence-corrected chi connectivity index (χ3v) is 5.06. The van der Waals surface area contributed by atoms with Crippen LogP contribution < -0.4 is 24.4 Å². The molecule has 0 radical (unpaired) electrons. The zero-order chi connectivity index (χ0) is 23.1. The zero-order valence-corrected chi connectivity index (χ0v) is 18.6. The molecule has 0 bridgehead atoms. The van der Waals surface area contributed by atoms with Crippen LogP contribution >= 0.6 is 0 Å². The number of ketones is 1. The Morgan fingerprint density at radius 1 is 1.16 bits per heavy atom. The highest BCUT2D eigenvalue weighted by Crippen LogP contribution is 2.34. The van der Waals surface area contributed by atoms with Gasteiger partial charge in [-0.05, 0) is 56.2 Å². The molecule has 0 aromatic heterocycles. The molecule has 1 heterocycles. The first-order valence-corrected chi connectivity index (χ1v) is 10.6. The second-order valence-corrected chi connectivity index (χ2v) is 7.44. The highest BCUT2D eigenvalue weighted by Gasteiger charge is 2.26. The van der Waals surface area contributed by atoms with Crippen LogP contribution in [-0.4, -0.2) is 51.0 Å². The summed E-state index contributed by atoms with van der Waals surface area (Å²) in [6.07, 6.45) is 0.824. The van der Waals surface area contributed by atoms with E-state index in [9.17, 15) is 14.4 Å². The van der Waals surface area contributed by atoms with Crippen LogP contribution in [0.2, 0.25) is 0 Å². The Balaban J connectivity index is 1.70. The number of aryl methyl sites for hydroxylation is 1. The largest absolute Gasteiger partial charge is 0.493 e. The van der Waals surface area contributed by atoms with E-state index in [0.29, 0.717) is 54.4 Å². The molecule has 3 rings (SSSR count). The summed E-state index contributed by atoms with van der Waals surface area (Å²) in [6.45, 7) is 4.48. The highest BCUT2D eigenvalue weighted by atomic mass is 16.5. The van der Waals surface area contributed by atoms with Gasteiger partial charge >= 0.3 is 0 Å². The molecule has 0 spiro atoms. The summed E-state index contributed by atoms with van der Waals surface area (Å²) in [4.78, 5) is 38.5. The Morgan fingerprint density at radius 2 is 1.97 bits per heavy atom. The van der Waals surface area contributed by atoms with Gasteiger partial charge < -0.3 is 24.4 Å². The lowest BCUT2D eigenvalue weighted by Crippen LogP contribution is -2.40. The maximum atomic E-state index is 12.8. The fourth-order valence-electron chi connectivity index (χ4n) is 3.42. The van der Waals surface area contributed by atoms with Gasteiger partial charge in [0.1, 0.15) is 5.75 Å². The number of rotatable bonds is 10. The number of ether oxygens (including phenoxy) is 3. The Bertz CT molecular complexity index is 1000. The molecule has 0 fully saturated rings. The molecule has 0 unspecified atom stereocenters.